The lowest BCUT2D eigenvalue weighted by Gasteiger charge is -2.44. The van der Waals surface area contributed by atoms with Gasteiger partial charge in [-0.2, -0.15) is 0 Å². The molecule has 0 aromatic rings. The molecule has 0 spiro atoms. The molecule has 0 amide bonds. The molecule has 92 valence electrons. The van der Waals surface area contributed by atoms with Crippen molar-refractivity contribution < 1.29 is 4.79 Å². The van der Waals surface area contributed by atoms with E-state index in [2.05, 4.69) is 17.1 Å². The summed E-state index contributed by atoms with van der Waals surface area (Å²) in [7, 11) is 0. The number of likely N-dealkylation sites (tertiary alicyclic amines) is 1. The van der Waals surface area contributed by atoms with E-state index in [1.54, 1.807) is 0 Å². The van der Waals surface area contributed by atoms with Gasteiger partial charge in [0.1, 0.15) is 6.29 Å². The molecule has 16 heavy (non-hydrogen) atoms. The van der Waals surface area contributed by atoms with Crippen molar-refractivity contribution in [3.8, 4) is 0 Å². The van der Waals surface area contributed by atoms with Crippen LogP contribution in [-0.4, -0.2) is 42.4 Å². The molecule has 3 nitrogen and oxygen atoms in total. The van der Waals surface area contributed by atoms with E-state index in [0.717, 1.165) is 25.8 Å². The van der Waals surface area contributed by atoms with Gasteiger partial charge in [-0.1, -0.05) is 26.2 Å². The van der Waals surface area contributed by atoms with Gasteiger partial charge in [-0.3, -0.25) is 4.90 Å². The number of piperazine rings is 1. The number of rotatable bonds is 5. The SMILES string of the molecule is CCCCC(C=O)N1CC2CCCC(C1)N2. The summed E-state index contributed by atoms with van der Waals surface area (Å²) >= 11 is 0. The molecule has 0 aliphatic carbocycles. The maximum Gasteiger partial charge on any atom is 0.137 e. The van der Waals surface area contributed by atoms with Crippen LogP contribution in [-0.2, 0) is 4.79 Å². The monoisotopic (exact) mass is 224 g/mol. The van der Waals surface area contributed by atoms with Crippen LogP contribution in [0.1, 0.15) is 45.4 Å². The van der Waals surface area contributed by atoms with Crippen LogP contribution in [0.15, 0.2) is 0 Å². The summed E-state index contributed by atoms with van der Waals surface area (Å²) < 4.78 is 0. The molecule has 2 bridgehead atoms. The quantitative estimate of drug-likeness (QED) is 0.719. The Morgan fingerprint density at radius 1 is 1.38 bits per heavy atom. The van der Waals surface area contributed by atoms with Crippen LogP contribution in [0.2, 0.25) is 0 Å². The van der Waals surface area contributed by atoms with Crippen LogP contribution in [0.25, 0.3) is 0 Å². The lowest BCUT2D eigenvalue weighted by atomic mass is 9.93. The fourth-order valence-corrected chi connectivity index (χ4v) is 3.06. The van der Waals surface area contributed by atoms with Gasteiger partial charge in [0.05, 0.1) is 6.04 Å². The summed E-state index contributed by atoms with van der Waals surface area (Å²) in [6.45, 7) is 4.33. The molecular formula is C13H24N2O. The van der Waals surface area contributed by atoms with Gasteiger partial charge in [0, 0.05) is 25.2 Å². The lowest BCUT2D eigenvalue weighted by Crippen LogP contribution is -2.61. The molecule has 3 heteroatoms. The van der Waals surface area contributed by atoms with E-state index in [9.17, 15) is 4.79 Å². The third kappa shape index (κ3) is 2.83. The fourth-order valence-electron chi connectivity index (χ4n) is 3.06. The first kappa shape index (κ1) is 12.1. The molecule has 0 radical (unpaired) electrons. The number of unbranched alkanes of at least 4 members (excludes halogenated alkanes) is 1. The highest BCUT2D eigenvalue weighted by atomic mass is 16.1. The Bertz CT molecular complexity index is 220. The van der Waals surface area contributed by atoms with Crippen molar-refractivity contribution in [3.63, 3.8) is 0 Å². The highest BCUT2D eigenvalue weighted by Crippen LogP contribution is 2.21. The molecule has 2 fully saturated rings. The molecule has 2 heterocycles. The average molecular weight is 224 g/mol. The Hall–Kier alpha value is -0.410. The third-order valence-electron chi connectivity index (χ3n) is 3.97. The zero-order chi connectivity index (χ0) is 11.4. The van der Waals surface area contributed by atoms with E-state index in [-0.39, 0.29) is 6.04 Å². The van der Waals surface area contributed by atoms with Gasteiger partial charge in [-0.05, 0) is 19.3 Å². The Morgan fingerprint density at radius 2 is 2.06 bits per heavy atom. The van der Waals surface area contributed by atoms with Crippen LogP contribution in [0, 0.1) is 0 Å². The van der Waals surface area contributed by atoms with Crippen molar-refractivity contribution in [1.29, 1.82) is 0 Å². The van der Waals surface area contributed by atoms with Gasteiger partial charge in [0.2, 0.25) is 0 Å². The number of piperidine rings is 1. The van der Waals surface area contributed by atoms with E-state index in [1.807, 2.05) is 0 Å². The number of carbonyl (C=O) groups is 1. The summed E-state index contributed by atoms with van der Waals surface area (Å²) in [5.41, 5.74) is 0. The summed E-state index contributed by atoms with van der Waals surface area (Å²) in [5, 5.41) is 3.66. The minimum atomic E-state index is 0.171. The number of aldehydes is 1. The molecule has 2 rings (SSSR count). The molecular weight excluding hydrogens is 200 g/mol. The minimum Gasteiger partial charge on any atom is -0.309 e. The molecule has 3 unspecified atom stereocenters. The van der Waals surface area contributed by atoms with Gasteiger partial charge in [0.15, 0.2) is 0 Å². The van der Waals surface area contributed by atoms with E-state index in [1.165, 1.54) is 32.1 Å². The first-order chi connectivity index (χ1) is 7.83. The number of hydrogen-bond donors (Lipinski definition) is 1. The van der Waals surface area contributed by atoms with Crippen LogP contribution in [0.3, 0.4) is 0 Å². The zero-order valence-electron chi connectivity index (χ0n) is 10.3. The van der Waals surface area contributed by atoms with Gasteiger partial charge in [0.25, 0.3) is 0 Å². The molecule has 2 aliphatic rings. The molecule has 3 atom stereocenters. The van der Waals surface area contributed by atoms with Crippen LogP contribution in [0.5, 0.6) is 0 Å². The summed E-state index contributed by atoms with van der Waals surface area (Å²) in [5.74, 6) is 0. The minimum absolute atomic E-state index is 0.171. The molecule has 0 saturated carbocycles. The van der Waals surface area contributed by atoms with Crippen molar-refractivity contribution in [2.75, 3.05) is 13.1 Å². The van der Waals surface area contributed by atoms with Crippen LogP contribution >= 0.6 is 0 Å². The van der Waals surface area contributed by atoms with Gasteiger partial charge >= 0.3 is 0 Å². The van der Waals surface area contributed by atoms with Crippen LogP contribution < -0.4 is 5.32 Å². The second-order valence-electron chi connectivity index (χ2n) is 5.29. The van der Waals surface area contributed by atoms with Crippen LogP contribution in [0.4, 0.5) is 0 Å². The van der Waals surface area contributed by atoms with Crippen molar-refractivity contribution in [2.45, 2.75) is 63.6 Å². The predicted molar refractivity (Wildman–Crippen MR) is 65.5 cm³/mol. The fraction of sp³-hybridized carbons (Fsp3) is 0.923. The highest BCUT2D eigenvalue weighted by molar-refractivity contribution is 5.57. The second kappa shape index (κ2) is 5.78. The number of nitrogens with zero attached hydrogens (tertiary/aromatic N) is 1. The molecule has 2 saturated heterocycles. The van der Waals surface area contributed by atoms with Gasteiger partial charge in [-0.25, -0.2) is 0 Å². The maximum atomic E-state index is 11.2. The Kier molecular flexibility index (Phi) is 4.36. The average Bonchev–Trinajstić information content (AvgIpc) is 2.30. The molecule has 0 aromatic heterocycles. The Labute approximate surface area is 98.6 Å². The molecule has 1 N–H and O–H groups in total. The standard InChI is InChI=1S/C13H24N2O/c1-2-3-7-13(10-16)15-8-11-5-4-6-12(9-15)14-11/h10-14H,2-9H2,1H3. The molecule has 0 aromatic carbocycles. The third-order valence-corrected chi connectivity index (χ3v) is 3.97. The summed E-state index contributed by atoms with van der Waals surface area (Å²) in [4.78, 5) is 13.6. The zero-order valence-corrected chi connectivity index (χ0v) is 10.3. The number of carbonyl (C=O) groups excluding carboxylic acids is 1. The summed E-state index contributed by atoms with van der Waals surface area (Å²) in [6, 6.07) is 1.44. The van der Waals surface area contributed by atoms with Crippen molar-refractivity contribution in [3.05, 3.63) is 0 Å². The number of fused-ring (bicyclic) bond motifs is 2. The van der Waals surface area contributed by atoms with E-state index >= 15 is 0 Å². The summed E-state index contributed by atoms with van der Waals surface area (Å²) in [6.07, 6.45) is 8.48. The maximum absolute atomic E-state index is 11.2. The second-order valence-corrected chi connectivity index (χ2v) is 5.29. The van der Waals surface area contributed by atoms with Crippen molar-refractivity contribution in [2.24, 2.45) is 0 Å². The van der Waals surface area contributed by atoms with E-state index in [4.69, 9.17) is 0 Å². The predicted octanol–water partition coefficient (Wildman–Crippen LogP) is 1.57. The number of nitrogens with one attached hydrogen (secondary N) is 1. The Morgan fingerprint density at radius 3 is 2.62 bits per heavy atom. The normalized spacial score (nSPS) is 32.3. The highest BCUT2D eigenvalue weighted by Gasteiger charge is 2.32. The van der Waals surface area contributed by atoms with E-state index in [0.29, 0.717) is 12.1 Å². The van der Waals surface area contributed by atoms with Crippen molar-refractivity contribution in [1.82, 2.24) is 10.2 Å². The Balaban J connectivity index is 1.89. The van der Waals surface area contributed by atoms with E-state index < -0.39 is 0 Å². The van der Waals surface area contributed by atoms with Gasteiger partial charge in [-0.15, -0.1) is 0 Å². The molecule has 2 aliphatic heterocycles. The first-order valence-electron chi connectivity index (χ1n) is 6.79. The first-order valence-corrected chi connectivity index (χ1v) is 6.79. The van der Waals surface area contributed by atoms with Crippen molar-refractivity contribution >= 4 is 6.29 Å². The van der Waals surface area contributed by atoms with Gasteiger partial charge < -0.3 is 10.1 Å². The number of hydrogen-bond acceptors (Lipinski definition) is 3. The smallest absolute Gasteiger partial charge is 0.137 e. The lowest BCUT2D eigenvalue weighted by molar-refractivity contribution is -0.113. The topological polar surface area (TPSA) is 32.3 Å². The largest absolute Gasteiger partial charge is 0.309 e.